The first-order valence-corrected chi connectivity index (χ1v) is 7.08. The first-order chi connectivity index (χ1) is 8.65. The molecule has 1 aromatic carbocycles. The molecule has 0 radical (unpaired) electrons. The summed E-state index contributed by atoms with van der Waals surface area (Å²) in [6.07, 6.45) is 4.74. The van der Waals surface area contributed by atoms with Crippen LogP contribution in [0, 0.1) is 0 Å². The van der Waals surface area contributed by atoms with E-state index < -0.39 is 0 Å². The van der Waals surface area contributed by atoms with Crippen molar-refractivity contribution in [3.8, 4) is 0 Å². The summed E-state index contributed by atoms with van der Waals surface area (Å²) >= 11 is 0. The number of hydrogen-bond donors (Lipinski definition) is 1. The molecule has 0 atom stereocenters. The number of hydrogen-bond acceptors (Lipinski definition) is 2. The van der Waals surface area contributed by atoms with E-state index in [1.165, 1.54) is 24.0 Å². The van der Waals surface area contributed by atoms with Gasteiger partial charge in [0.15, 0.2) is 0 Å². The third-order valence-corrected chi connectivity index (χ3v) is 4.08. The topological polar surface area (TPSA) is 35.2 Å². The lowest BCUT2D eigenvalue weighted by Crippen LogP contribution is -2.37. The first-order valence-electron chi connectivity index (χ1n) is 7.08. The molecule has 2 heteroatoms. The molecule has 0 saturated heterocycles. The van der Waals surface area contributed by atoms with Crippen molar-refractivity contribution in [3.05, 3.63) is 35.4 Å². The molecule has 0 spiro atoms. The Labute approximate surface area is 111 Å². The monoisotopic (exact) mass is 247 g/mol. The molecule has 1 aromatic rings. The minimum absolute atomic E-state index is 0.0449. The maximum Gasteiger partial charge on any atom is 0.0808 e. The lowest BCUT2D eigenvalue weighted by molar-refractivity contribution is -0.0448. The molecule has 2 rings (SSSR count). The summed E-state index contributed by atoms with van der Waals surface area (Å²) in [5.41, 5.74) is 8.46. The fourth-order valence-electron chi connectivity index (χ4n) is 2.66. The molecule has 100 valence electrons. The molecule has 2 nitrogen and oxygen atoms in total. The van der Waals surface area contributed by atoms with Crippen LogP contribution in [0.1, 0.15) is 56.6 Å². The van der Waals surface area contributed by atoms with Crippen molar-refractivity contribution in [2.24, 2.45) is 5.73 Å². The highest BCUT2D eigenvalue weighted by Crippen LogP contribution is 2.33. The van der Waals surface area contributed by atoms with Crippen LogP contribution in [-0.4, -0.2) is 12.1 Å². The van der Waals surface area contributed by atoms with Crippen LogP contribution in [0.4, 0.5) is 0 Å². The van der Waals surface area contributed by atoms with Crippen molar-refractivity contribution in [3.63, 3.8) is 0 Å². The maximum atomic E-state index is 6.10. The van der Waals surface area contributed by atoms with E-state index >= 15 is 0 Å². The Kier molecular flexibility index (Phi) is 4.41. The summed E-state index contributed by atoms with van der Waals surface area (Å²) in [4.78, 5) is 0. The second kappa shape index (κ2) is 5.85. The van der Waals surface area contributed by atoms with E-state index in [4.69, 9.17) is 10.5 Å². The molecule has 1 aliphatic carbocycles. The number of nitrogens with two attached hydrogens (primary N) is 1. The van der Waals surface area contributed by atoms with E-state index in [0.717, 1.165) is 12.8 Å². The van der Waals surface area contributed by atoms with Gasteiger partial charge in [-0.3, -0.25) is 0 Å². The minimum atomic E-state index is -0.0449. The van der Waals surface area contributed by atoms with Gasteiger partial charge in [-0.05, 0) is 29.9 Å². The van der Waals surface area contributed by atoms with Gasteiger partial charge in [-0.1, -0.05) is 51.0 Å². The highest BCUT2D eigenvalue weighted by molar-refractivity contribution is 5.24. The Balaban J connectivity index is 1.93. The average molecular weight is 247 g/mol. The second-order valence-corrected chi connectivity index (χ2v) is 5.78. The molecular weight excluding hydrogens is 222 g/mol. The summed E-state index contributed by atoms with van der Waals surface area (Å²) in [5.74, 6) is 0.588. The highest BCUT2D eigenvalue weighted by Gasteiger charge is 2.33. The van der Waals surface area contributed by atoms with Crippen molar-refractivity contribution in [2.75, 3.05) is 6.54 Å². The van der Waals surface area contributed by atoms with E-state index in [-0.39, 0.29) is 5.60 Å². The predicted molar refractivity (Wildman–Crippen MR) is 75.6 cm³/mol. The van der Waals surface area contributed by atoms with Crippen LogP contribution in [-0.2, 0) is 11.3 Å². The van der Waals surface area contributed by atoms with Gasteiger partial charge < -0.3 is 10.5 Å². The van der Waals surface area contributed by atoms with Crippen LogP contribution in [0.5, 0.6) is 0 Å². The SMILES string of the molecule is CC(C)c1ccc(COC2(CN)CCCC2)cc1. The molecule has 1 fully saturated rings. The van der Waals surface area contributed by atoms with E-state index in [1.54, 1.807) is 0 Å². The molecular formula is C16H25NO. The minimum Gasteiger partial charge on any atom is -0.369 e. The van der Waals surface area contributed by atoms with Crippen LogP contribution < -0.4 is 5.73 Å². The third-order valence-electron chi connectivity index (χ3n) is 4.08. The number of ether oxygens (including phenoxy) is 1. The van der Waals surface area contributed by atoms with Gasteiger partial charge in [-0.25, -0.2) is 0 Å². The van der Waals surface area contributed by atoms with Gasteiger partial charge in [0, 0.05) is 6.54 Å². The van der Waals surface area contributed by atoms with Crippen LogP contribution in [0.25, 0.3) is 0 Å². The zero-order valence-corrected chi connectivity index (χ0v) is 11.6. The largest absolute Gasteiger partial charge is 0.369 e. The van der Waals surface area contributed by atoms with E-state index in [1.807, 2.05) is 0 Å². The Bertz CT molecular complexity index is 363. The van der Waals surface area contributed by atoms with Crippen molar-refractivity contribution >= 4 is 0 Å². The number of rotatable bonds is 5. The van der Waals surface area contributed by atoms with Crippen LogP contribution in [0.15, 0.2) is 24.3 Å². The third kappa shape index (κ3) is 3.12. The molecule has 1 aliphatic rings. The smallest absolute Gasteiger partial charge is 0.0808 e. The molecule has 0 aliphatic heterocycles. The Morgan fingerprint density at radius 2 is 1.78 bits per heavy atom. The van der Waals surface area contributed by atoms with Gasteiger partial charge >= 0.3 is 0 Å². The summed E-state index contributed by atoms with van der Waals surface area (Å²) in [6.45, 7) is 5.77. The summed E-state index contributed by atoms with van der Waals surface area (Å²) < 4.78 is 6.10. The fraction of sp³-hybridized carbons (Fsp3) is 0.625. The molecule has 0 aromatic heterocycles. The normalized spacial score (nSPS) is 18.4. The Morgan fingerprint density at radius 1 is 1.17 bits per heavy atom. The highest BCUT2D eigenvalue weighted by atomic mass is 16.5. The van der Waals surface area contributed by atoms with Gasteiger partial charge in [0.25, 0.3) is 0 Å². The molecule has 2 N–H and O–H groups in total. The molecule has 0 bridgehead atoms. The van der Waals surface area contributed by atoms with Gasteiger partial charge in [0.05, 0.1) is 12.2 Å². The van der Waals surface area contributed by atoms with Crippen molar-refractivity contribution < 1.29 is 4.74 Å². The maximum absolute atomic E-state index is 6.10. The molecule has 18 heavy (non-hydrogen) atoms. The van der Waals surface area contributed by atoms with E-state index in [2.05, 4.69) is 38.1 Å². The van der Waals surface area contributed by atoms with Crippen LogP contribution in [0.2, 0.25) is 0 Å². The lowest BCUT2D eigenvalue weighted by Gasteiger charge is -2.27. The lowest BCUT2D eigenvalue weighted by atomic mass is 10.0. The van der Waals surface area contributed by atoms with Gasteiger partial charge in [-0.15, -0.1) is 0 Å². The van der Waals surface area contributed by atoms with Crippen molar-refractivity contribution in [2.45, 2.75) is 57.7 Å². The van der Waals surface area contributed by atoms with Gasteiger partial charge in [0.2, 0.25) is 0 Å². The standard InChI is InChI=1S/C16H25NO/c1-13(2)15-7-5-14(6-8-15)11-18-16(12-17)9-3-4-10-16/h5-8,13H,3-4,9-12,17H2,1-2H3. The quantitative estimate of drug-likeness (QED) is 0.863. The Hall–Kier alpha value is -0.860. The average Bonchev–Trinajstić information content (AvgIpc) is 2.86. The summed E-state index contributed by atoms with van der Waals surface area (Å²) in [7, 11) is 0. The molecule has 1 saturated carbocycles. The zero-order chi connectivity index (χ0) is 13.0. The van der Waals surface area contributed by atoms with Crippen LogP contribution in [0.3, 0.4) is 0 Å². The first kappa shape index (κ1) is 13.6. The Morgan fingerprint density at radius 3 is 2.28 bits per heavy atom. The summed E-state index contributed by atoms with van der Waals surface area (Å²) in [6, 6.07) is 8.75. The van der Waals surface area contributed by atoms with Crippen molar-refractivity contribution in [1.29, 1.82) is 0 Å². The van der Waals surface area contributed by atoms with E-state index in [0.29, 0.717) is 19.1 Å². The van der Waals surface area contributed by atoms with Gasteiger partial charge in [-0.2, -0.15) is 0 Å². The molecule has 0 unspecified atom stereocenters. The molecule has 0 heterocycles. The second-order valence-electron chi connectivity index (χ2n) is 5.78. The molecule has 0 amide bonds. The predicted octanol–water partition coefficient (Wildman–Crippen LogP) is 3.60. The zero-order valence-electron chi connectivity index (χ0n) is 11.6. The number of benzene rings is 1. The fourth-order valence-corrected chi connectivity index (χ4v) is 2.66. The van der Waals surface area contributed by atoms with Crippen molar-refractivity contribution in [1.82, 2.24) is 0 Å². The van der Waals surface area contributed by atoms with Gasteiger partial charge in [0.1, 0.15) is 0 Å². The van der Waals surface area contributed by atoms with Crippen LogP contribution >= 0.6 is 0 Å². The summed E-state index contributed by atoms with van der Waals surface area (Å²) in [5, 5.41) is 0. The van der Waals surface area contributed by atoms with E-state index in [9.17, 15) is 0 Å².